The minimum atomic E-state index is 0.711. The van der Waals surface area contributed by atoms with Crippen LogP contribution >= 0.6 is 0 Å². The van der Waals surface area contributed by atoms with Crippen molar-refractivity contribution < 1.29 is 0 Å². The van der Waals surface area contributed by atoms with Crippen molar-refractivity contribution in [3.05, 3.63) is 0 Å². The van der Waals surface area contributed by atoms with Crippen molar-refractivity contribution in [1.82, 2.24) is 15.1 Å². The predicted octanol–water partition coefficient (Wildman–Crippen LogP) is 1.99. The molecule has 102 valence electrons. The highest BCUT2D eigenvalue weighted by atomic mass is 15.5. The molecule has 0 aromatic heterocycles. The maximum absolute atomic E-state index is 3.85. The van der Waals surface area contributed by atoms with E-state index in [1.54, 1.807) is 0 Å². The van der Waals surface area contributed by atoms with Crippen LogP contribution in [0.3, 0.4) is 0 Å². The van der Waals surface area contributed by atoms with E-state index >= 15 is 0 Å². The number of fused-ring (bicyclic) bond motifs is 6. The minimum absolute atomic E-state index is 0.711. The van der Waals surface area contributed by atoms with E-state index in [2.05, 4.69) is 15.1 Å². The summed E-state index contributed by atoms with van der Waals surface area (Å²) in [6.07, 6.45) is 13.0. The van der Waals surface area contributed by atoms with Gasteiger partial charge in [0.2, 0.25) is 0 Å². The van der Waals surface area contributed by atoms with Crippen LogP contribution in [0.5, 0.6) is 0 Å². The van der Waals surface area contributed by atoms with E-state index in [-0.39, 0.29) is 0 Å². The van der Waals surface area contributed by atoms with Crippen molar-refractivity contribution in [2.75, 3.05) is 19.6 Å². The van der Waals surface area contributed by atoms with E-state index in [0.29, 0.717) is 6.17 Å². The first-order chi connectivity index (χ1) is 8.95. The molecule has 0 spiro atoms. The van der Waals surface area contributed by atoms with Gasteiger partial charge in [0.25, 0.3) is 0 Å². The zero-order valence-corrected chi connectivity index (χ0v) is 11.5. The lowest BCUT2D eigenvalue weighted by atomic mass is 9.78. The van der Waals surface area contributed by atoms with E-state index in [0.717, 1.165) is 18.1 Å². The lowest BCUT2D eigenvalue weighted by molar-refractivity contribution is -0.146. The molecule has 4 rings (SSSR count). The molecule has 4 atom stereocenters. The maximum atomic E-state index is 3.85. The average molecular weight is 249 g/mol. The van der Waals surface area contributed by atoms with Gasteiger partial charge < -0.3 is 5.32 Å². The second-order valence-corrected chi connectivity index (χ2v) is 6.72. The molecular formula is C15H27N3. The number of nitrogens with one attached hydrogen (secondary N) is 1. The summed E-state index contributed by atoms with van der Waals surface area (Å²) < 4.78 is 0. The fourth-order valence-corrected chi connectivity index (χ4v) is 5.09. The highest BCUT2D eigenvalue weighted by molar-refractivity contribution is 5.00. The van der Waals surface area contributed by atoms with Crippen LogP contribution in [0.15, 0.2) is 0 Å². The van der Waals surface area contributed by atoms with Gasteiger partial charge in [-0.2, -0.15) is 0 Å². The molecule has 0 radical (unpaired) electrons. The zero-order valence-electron chi connectivity index (χ0n) is 11.5. The second-order valence-electron chi connectivity index (χ2n) is 6.72. The lowest BCUT2D eigenvalue weighted by Crippen LogP contribution is -2.72. The molecule has 18 heavy (non-hydrogen) atoms. The predicted molar refractivity (Wildman–Crippen MR) is 73.2 cm³/mol. The van der Waals surface area contributed by atoms with Crippen molar-refractivity contribution in [1.29, 1.82) is 0 Å². The largest absolute Gasteiger partial charge is 0.301 e. The Balaban J connectivity index is 1.64. The number of piperidine rings is 3. The summed E-state index contributed by atoms with van der Waals surface area (Å²) in [4.78, 5) is 5.73. The van der Waals surface area contributed by atoms with Crippen molar-refractivity contribution in [2.24, 2.45) is 5.92 Å². The van der Waals surface area contributed by atoms with Gasteiger partial charge in [-0.25, -0.2) is 0 Å². The van der Waals surface area contributed by atoms with Crippen LogP contribution in [-0.4, -0.2) is 47.8 Å². The van der Waals surface area contributed by atoms with Gasteiger partial charge in [-0.3, -0.25) is 9.80 Å². The van der Waals surface area contributed by atoms with Crippen LogP contribution in [0.2, 0.25) is 0 Å². The Labute approximate surface area is 111 Å². The molecule has 3 nitrogen and oxygen atoms in total. The summed E-state index contributed by atoms with van der Waals surface area (Å²) in [5.74, 6) is 0.911. The Morgan fingerprint density at radius 1 is 0.778 bits per heavy atom. The topological polar surface area (TPSA) is 18.5 Å². The van der Waals surface area contributed by atoms with Crippen LogP contribution in [0.4, 0.5) is 0 Å². The van der Waals surface area contributed by atoms with Crippen molar-refractivity contribution in [3.8, 4) is 0 Å². The summed E-state index contributed by atoms with van der Waals surface area (Å²) in [5, 5.41) is 3.85. The molecule has 0 saturated carbocycles. The van der Waals surface area contributed by atoms with E-state index < -0.39 is 0 Å². The Kier molecular flexibility index (Phi) is 3.10. The van der Waals surface area contributed by atoms with Crippen LogP contribution in [0.1, 0.15) is 51.4 Å². The van der Waals surface area contributed by atoms with Gasteiger partial charge in [-0.1, -0.05) is 6.42 Å². The molecule has 4 saturated heterocycles. The first kappa shape index (κ1) is 11.7. The molecule has 4 aliphatic heterocycles. The quantitative estimate of drug-likeness (QED) is 0.708. The van der Waals surface area contributed by atoms with Crippen LogP contribution in [0.25, 0.3) is 0 Å². The maximum Gasteiger partial charge on any atom is 0.0654 e. The highest BCUT2D eigenvalue weighted by Crippen LogP contribution is 2.41. The molecule has 1 N–H and O–H groups in total. The number of hydrogen-bond donors (Lipinski definition) is 1. The third-order valence-corrected chi connectivity index (χ3v) is 5.81. The van der Waals surface area contributed by atoms with Gasteiger partial charge in [-0.15, -0.1) is 0 Å². The number of hydrogen-bond acceptors (Lipinski definition) is 3. The molecule has 0 aromatic carbocycles. The third kappa shape index (κ3) is 1.75. The highest BCUT2D eigenvalue weighted by Gasteiger charge is 2.48. The molecule has 4 heterocycles. The van der Waals surface area contributed by atoms with E-state index in [1.165, 1.54) is 71.0 Å². The molecule has 0 aliphatic carbocycles. The van der Waals surface area contributed by atoms with Crippen LogP contribution in [-0.2, 0) is 0 Å². The monoisotopic (exact) mass is 249 g/mol. The second kappa shape index (κ2) is 4.77. The summed E-state index contributed by atoms with van der Waals surface area (Å²) in [5.41, 5.74) is 0. The van der Waals surface area contributed by atoms with Gasteiger partial charge >= 0.3 is 0 Å². The van der Waals surface area contributed by atoms with Crippen molar-refractivity contribution in [2.45, 2.75) is 69.7 Å². The summed E-state index contributed by atoms with van der Waals surface area (Å²) >= 11 is 0. The molecular weight excluding hydrogens is 222 g/mol. The Bertz CT molecular complexity index is 217. The van der Waals surface area contributed by atoms with Gasteiger partial charge in [0.1, 0.15) is 0 Å². The van der Waals surface area contributed by atoms with Gasteiger partial charge in [-0.05, 0) is 58.0 Å². The third-order valence-electron chi connectivity index (χ3n) is 5.81. The average Bonchev–Trinajstić information content (AvgIpc) is 2.48. The van der Waals surface area contributed by atoms with Crippen LogP contribution < -0.4 is 5.32 Å². The molecule has 4 aliphatic rings. The Hall–Kier alpha value is -0.120. The van der Waals surface area contributed by atoms with E-state index in [9.17, 15) is 0 Å². The number of rotatable bonds is 0. The van der Waals surface area contributed by atoms with Gasteiger partial charge in [0.15, 0.2) is 0 Å². The minimum Gasteiger partial charge on any atom is -0.301 e. The fourth-order valence-electron chi connectivity index (χ4n) is 5.09. The lowest BCUT2D eigenvalue weighted by Gasteiger charge is -2.60. The van der Waals surface area contributed by atoms with Gasteiger partial charge in [0, 0.05) is 18.5 Å². The van der Waals surface area contributed by atoms with E-state index in [4.69, 9.17) is 0 Å². The Morgan fingerprint density at radius 3 is 2.56 bits per heavy atom. The standard InChI is InChI=1S/C15H27N3/c1-3-10-17-13(7-1)12-6-5-9-16-15(12)18-11-4-2-8-14(17)18/h12-16H,1-11H2/t12-,13+,14-,15+/m0/s1. The Morgan fingerprint density at radius 2 is 1.61 bits per heavy atom. The fraction of sp³-hybridized carbons (Fsp3) is 1.00. The van der Waals surface area contributed by atoms with Crippen molar-refractivity contribution in [3.63, 3.8) is 0 Å². The van der Waals surface area contributed by atoms with E-state index in [1.807, 2.05) is 0 Å². The summed E-state index contributed by atoms with van der Waals surface area (Å²) in [6.45, 7) is 3.95. The van der Waals surface area contributed by atoms with Gasteiger partial charge in [0.05, 0.1) is 12.3 Å². The molecule has 0 aromatic rings. The molecule has 0 amide bonds. The molecule has 3 heteroatoms. The molecule has 0 unspecified atom stereocenters. The molecule has 0 bridgehead atoms. The zero-order chi connectivity index (χ0) is 11.9. The normalized spacial score (nSPS) is 46.0. The van der Waals surface area contributed by atoms with Crippen LogP contribution in [0, 0.1) is 5.92 Å². The smallest absolute Gasteiger partial charge is 0.0654 e. The first-order valence-corrected chi connectivity index (χ1v) is 8.20. The summed E-state index contributed by atoms with van der Waals surface area (Å²) in [7, 11) is 0. The first-order valence-electron chi connectivity index (χ1n) is 8.20. The molecule has 4 fully saturated rings. The van der Waals surface area contributed by atoms with Crippen molar-refractivity contribution >= 4 is 0 Å². The number of nitrogens with zero attached hydrogens (tertiary/aromatic N) is 2. The SMILES string of the molecule is C1CN[C@H]2[C@@H](C1)[C@H]1CCCCN1[C@@H]1CCCCN12. The summed E-state index contributed by atoms with van der Waals surface area (Å²) in [6, 6.07) is 0.899.